The third-order valence-electron chi connectivity index (χ3n) is 6.85. The maximum atomic E-state index is 14.8. The van der Waals surface area contributed by atoms with Crippen molar-refractivity contribution in [2.24, 2.45) is 16.6 Å². The third-order valence-corrected chi connectivity index (χ3v) is 6.85. The molecule has 9 nitrogen and oxygen atoms in total. The van der Waals surface area contributed by atoms with Gasteiger partial charge >= 0.3 is 0 Å². The number of hydrogen-bond donors (Lipinski definition) is 2. The lowest BCUT2D eigenvalue weighted by Crippen LogP contribution is -2.50. The van der Waals surface area contributed by atoms with Crippen molar-refractivity contribution < 1.29 is 23.5 Å². The second kappa shape index (κ2) is 9.52. The van der Waals surface area contributed by atoms with Gasteiger partial charge in [0.2, 0.25) is 5.91 Å². The van der Waals surface area contributed by atoms with Gasteiger partial charge in [-0.2, -0.15) is 0 Å². The van der Waals surface area contributed by atoms with Crippen LogP contribution in [-0.4, -0.2) is 48.8 Å². The Bertz CT molecular complexity index is 1290. The summed E-state index contributed by atoms with van der Waals surface area (Å²) in [5, 5.41) is 8.15. The molecule has 2 fully saturated rings. The van der Waals surface area contributed by atoms with Crippen molar-refractivity contribution in [2.75, 3.05) is 29.5 Å². The summed E-state index contributed by atoms with van der Waals surface area (Å²) in [4.78, 5) is 45.2. The van der Waals surface area contributed by atoms with Crippen LogP contribution in [0, 0.1) is 17.1 Å². The Morgan fingerprint density at radius 2 is 1.78 bits per heavy atom. The fourth-order valence-corrected chi connectivity index (χ4v) is 4.90. The Kier molecular flexibility index (Phi) is 6.26. The summed E-state index contributed by atoms with van der Waals surface area (Å²) in [5.41, 5.74) is 6.86. The maximum Gasteiger partial charge on any atom is 0.273 e. The monoisotopic (exact) mass is 491 g/mol. The van der Waals surface area contributed by atoms with Crippen molar-refractivity contribution in [3.05, 3.63) is 47.8 Å². The molecule has 10 heteroatoms. The van der Waals surface area contributed by atoms with Crippen LogP contribution in [0.25, 0.3) is 0 Å². The number of piperidine rings is 2. The summed E-state index contributed by atoms with van der Waals surface area (Å²) in [7, 11) is 0. The number of hydrogen-bond acceptors (Lipinski definition) is 6. The molecule has 186 valence electrons. The Hall–Kier alpha value is -4.08. The van der Waals surface area contributed by atoms with Crippen LogP contribution >= 0.6 is 0 Å². The highest BCUT2D eigenvalue weighted by Crippen LogP contribution is 2.34. The number of carbonyl (C=O) groups excluding carboxylic acids is 3. The van der Waals surface area contributed by atoms with Gasteiger partial charge in [0.1, 0.15) is 17.2 Å². The summed E-state index contributed by atoms with van der Waals surface area (Å²) in [6.07, 6.45) is 3.17. The molecule has 0 spiro atoms. The summed E-state index contributed by atoms with van der Waals surface area (Å²) in [6.45, 7) is 1.32. The molecule has 2 saturated heterocycles. The SMILES string of the molecule is N=C(C(N)=O)C1CCN(c2ccc(N3CCCCC3=O)cc2)C(=O)C1=Nc1cc2c(cc1F)OCC2. The second-order valence-corrected chi connectivity index (χ2v) is 9.10. The molecule has 5 rings (SSSR count). The number of halogens is 1. The first-order valence-corrected chi connectivity index (χ1v) is 12.0. The van der Waals surface area contributed by atoms with Gasteiger partial charge in [0.25, 0.3) is 11.8 Å². The molecule has 0 saturated carbocycles. The molecule has 3 N–H and O–H groups in total. The topological polar surface area (TPSA) is 129 Å². The van der Waals surface area contributed by atoms with E-state index >= 15 is 0 Å². The number of aliphatic imine (C=N–C) groups is 1. The first kappa shape index (κ1) is 23.7. The molecule has 0 aliphatic carbocycles. The number of primary amides is 1. The molecule has 1 atom stereocenters. The van der Waals surface area contributed by atoms with Gasteiger partial charge in [0, 0.05) is 43.4 Å². The van der Waals surface area contributed by atoms with E-state index in [9.17, 15) is 18.8 Å². The zero-order valence-electron chi connectivity index (χ0n) is 19.6. The first-order chi connectivity index (χ1) is 17.3. The highest BCUT2D eigenvalue weighted by Gasteiger charge is 2.38. The van der Waals surface area contributed by atoms with Crippen LogP contribution in [0.2, 0.25) is 0 Å². The van der Waals surface area contributed by atoms with E-state index < -0.39 is 29.3 Å². The second-order valence-electron chi connectivity index (χ2n) is 9.10. The number of nitrogens with zero attached hydrogens (tertiary/aromatic N) is 3. The van der Waals surface area contributed by atoms with E-state index in [2.05, 4.69) is 4.99 Å². The van der Waals surface area contributed by atoms with Gasteiger partial charge in [-0.05, 0) is 55.2 Å². The standard InChI is InChI=1S/C26H26FN5O4/c27-19-14-21-15(9-12-36-21)13-20(19)30-24-18(23(28)25(29)34)8-11-32(26(24)35)17-6-4-16(5-7-17)31-10-2-1-3-22(31)33/h4-7,13-14,18,28H,1-3,8-12H2,(H2,29,34). The van der Waals surface area contributed by atoms with Crippen LogP contribution in [0.1, 0.15) is 31.2 Å². The summed E-state index contributed by atoms with van der Waals surface area (Å²) in [5.74, 6) is -2.57. The normalized spacial score (nSPS) is 20.9. The number of ether oxygens (including phenoxy) is 1. The van der Waals surface area contributed by atoms with E-state index in [-0.39, 0.29) is 30.3 Å². The molecule has 1 unspecified atom stereocenters. The molecule has 3 aliphatic heterocycles. The van der Waals surface area contributed by atoms with Crippen molar-refractivity contribution in [3.63, 3.8) is 0 Å². The average molecular weight is 492 g/mol. The molecule has 0 bridgehead atoms. The van der Waals surface area contributed by atoms with Gasteiger partial charge in [-0.15, -0.1) is 0 Å². The molecule has 0 aromatic heterocycles. The smallest absolute Gasteiger partial charge is 0.273 e. The molecule has 3 heterocycles. The van der Waals surface area contributed by atoms with Crippen molar-refractivity contribution in [3.8, 4) is 5.75 Å². The van der Waals surface area contributed by atoms with E-state index in [1.165, 1.54) is 17.0 Å². The number of fused-ring (bicyclic) bond motifs is 1. The lowest BCUT2D eigenvalue weighted by Gasteiger charge is -2.33. The van der Waals surface area contributed by atoms with E-state index in [4.69, 9.17) is 15.9 Å². The van der Waals surface area contributed by atoms with Crippen molar-refractivity contribution in [1.82, 2.24) is 0 Å². The van der Waals surface area contributed by atoms with E-state index in [0.29, 0.717) is 37.4 Å². The zero-order valence-corrected chi connectivity index (χ0v) is 19.6. The molecule has 36 heavy (non-hydrogen) atoms. The Morgan fingerprint density at radius 3 is 2.47 bits per heavy atom. The predicted molar refractivity (Wildman–Crippen MR) is 133 cm³/mol. The Labute approximate surface area is 207 Å². The Balaban J connectivity index is 1.47. The largest absolute Gasteiger partial charge is 0.493 e. The number of benzene rings is 2. The molecule has 0 radical (unpaired) electrons. The highest BCUT2D eigenvalue weighted by atomic mass is 19.1. The fourth-order valence-electron chi connectivity index (χ4n) is 4.90. The van der Waals surface area contributed by atoms with Crippen LogP contribution in [-0.2, 0) is 20.8 Å². The van der Waals surface area contributed by atoms with Crippen LogP contribution < -0.4 is 20.3 Å². The first-order valence-electron chi connectivity index (χ1n) is 12.0. The quantitative estimate of drug-likeness (QED) is 0.623. The van der Waals surface area contributed by atoms with Gasteiger partial charge in [0.05, 0.1) is 18.2 Å². The summed E-state index contributed by atoms with van der Waals surface area (Å²) < 4.78 is 20.2. The number of carbonyl (C=O) groups is 3. The van der Waals surface area contributed by atoms with Gasteiger partial charge in [-0.25, -0.2) is 9.38 Å². The van der Waals surface area contributed by atoms with Gasteiger partial charge in [-0.3, -0.25) is 19.8 Å². The zero-order chi connectivity index (χ0) is 25.4. The van der Waals surface area contributed by atoms with Crippen LogP contribution in [0.15, 0.2) is 41.4 Å². The highest BCUT2D eigenvalue weighted by molar-refractivity contribution is 6.54. The number of anilines is 2. The predicted octanol–water partition coefficient (Wildman–Crippen LogP) is 2.91. The molecule has 2 aromatic carbocycles. The van der Waals surface area contributed by atoms with Gasteiger partial charge in [0.15, 0.2) is 5.82 Å². The summed E-state index contributed by atoms with van der Waals surface area (Å²) in [6, 6.07) is 9.86. The minimum atomic E-state index is -0.952. The van der Waals surface area contributed by atoms with Crippen molar-refractivity contribution >= 4 is 46.2 Å². The molecular weight excluding hydrogens is 465 g/mol. The molecule has 2 aromatic rings. The lowest BCUT2D eigenvalue weighted by molar-refractivity contribution is -0.119. The molecule has 3 aliphatic rings. The minimum Gasteiger partial charge on any atom is -0.493 e. The van der Waals surface area contributed by atoms with Gasteiger partial charge in [-0.1, -0.05) is 0 Å². The third kappa shape index (κ3) is 4.34. The fraction of sp³-hybridized carbons (Fsp3) is 0.346. The minimum absolute atomic E-state index is 0.0503. The number of nitrogens with one attached hydrogen (secondary N) is 1. The van der Waals surface area contributed by atoms with Gasteiger partial charge < -0.3 is 20.3 Å². The molecule has 3 amide bonds. The van der Waals surface area contributed by atoms with Crippen molar-refractivity contribution in [1.29, 1.82) is 5.41 Å². The van der Waals surface area contributed by atoms with E-state index in [1.807, 2.05) is 0 Å². The number of amides is 3. The number of nitrogens with two attached hydrogens (primary N) is 1. The van der Waals surface area contributed by atoms with Crippen LogP contribution in [0.3, 0.4) is 0 Å². The molecular formula is C26H26FN5O4. The van der Waals surface area contributed by atoms with Crippen molar-refractivity contribution in [2.45, 2.75) is 32.1 Å². The van der Waals surface area contributed by atoms with E-state index in [1.54, 1.807) is 29.2 Å². The maximum absolute atomic E-state index is 14.8. The van der Waals surface area contributed by atoms with Crippen LogP contribution in [0.4, 0.5) is 21.5 Å². The lowest BCUT2D eigenvalue weighted by atomic mass is 9.88. The summed E-state index contributed by atoms with van der Waals surface area (Å²) >= 11 is 0. The number of rotatable bonds is 5. The average Bonchev–Trinajstić information content (AvgIpc) is 3.32. The Morgan fingerprint density at radius 1 is 1.06 bits per heavy atom. The van der Waals surface area contributed by atoms with E-state index in [0.717, 1.165) is 24.1 Å². The van der Waals surface area contributed by atoms with Crippen LogP contribution in [0.5, 0.6) is 5.75 Å².